The number of rotatable bonds is 2. The van der Waals surface area contributed by atoms with E-state index in [1.165, 1.54) is 5.39 Å². The third-order valence-electron chi connectivity index (χ3n) is 3.21. The molecule has 0 bridgehead atoms. The van der Waals surface area contributed by atoms with Crippen LogP contribution < -0.4 is 5.73 Å². The highest BCUT2D eigenvalue weighted by Crippen LogP contribution is 2.26. The van der Waals surface area contributed by atoms with E-state index in [0.29, 0.717) is 0 Å². The lowest BCUT2D eigenvalue weighted by atomic mass is 9.95. The molecule has 1 atom stereocenters. The predicted octanol–water partition coefficient (Wildman–Crippen LogP) is 3.28. The van der Waals surface area contributed by atoms with Crippen LogP contribution in [0.15, 0.2) is 67.0 Å². The van der Waals surface area contributed by atoms with Crippen LogP contribution in [-0.4, -0.2) is 4.98 Å². The molecule has 0 amide bonds. The lowest BCUT2D eigenvalue weighted by Gasteiger charge is -2.14. The number of hydrogen-bond donors (Lipinski definition) is 1. The minimum Gasteiger partial charge on any atom is -0.320 e. The fourth-order valence-electron chi connectivity index (χ4n) is 2.25. The lowest BCUT2D eigenvalue weighted by Crippen LogP contribution is -2.12. The van der Waals surface area contributed by atoms with Crippen molar-refractivity contribution in [3.8, 4) is 0 Å². The molecule has 1 heterocycles. The number of nitrogens with two attached hydrogens (primary N) is 1. The molecule has 2 nitrogen and oxygen atoms in total. The van der Waals surface area contributed by atoms with Crippen molar-refractivity contribution in [1.82, 2.24) is 4.98 Å². The van der Waals surface area contributed by atoms with Crippen molar-refractivity contribution >= 4 is 10.8 Å². The van der Waals surface area contributed by atoms with E-state index in [-0.39, 0.29) is 6.04 Å². The second-order valence-corrected chi connectivity index (χ2v) is 4.33. The molecule has 3 rings (SSSR count). The molecule has 0 radical (unpaired) electrons. The first-order chi connectivity index (χ1) is 8.86. The Kier molecular flexibility index (Phi) is 2.79. The third kappa shape index (κ3) is 1.87. The topological polar surface area (TPSA) is 38.9 Å². The summed E-state index contributed by atoms with van der Waals surface area (Å²) < 4.78 is 0. The summed E-state index contributed by atoms with van der Waals surface area (Å²) in [6.07, 6.45) is 3.69. The van der Waals surface area contributed by atoms with Gasteiger partial charge in [-0.1, -0.05) is 48.5 Å². The molecular weight excluding hydrogens is 220 g/mol. The van der Waals surface area contributed by atoms with Crippen LogP contribution in [0.3, 0.4) is 0 Å². The maximum atomic E-state index is 6.35. The Morgan fingerprint density at radius 2 is 1.72 bits per heavy atom. The van der Waals surface area contributed by atoms with Crippen molar-refractivity contribution in [1.29, 1.82) is 0 Å². The van der Waals surface area contributed by atoms with Crippen LogP contribution in [0.1, 0.15) is 17.2 Å². The molecule has 0 aliphatic carbocycles. The highest BCUT2D eigenvalue weighted by Gasteiger charge is 2.11. The van der Waals surface area contributed by atoms with Crippen molar-refractivity contribution in [2.45, 2.75) is 6.04 Å². The molecule has 1 aromatic heterocycles. The average Bonchev–Trinajstić information content (AvgIpc) is 2.47. The van der Waals surface area contributed by atoms with Gasteiger partial charge in [-0.15, -0.1) is 0 Å². The van der Waals surface area contributed by atoms with E-state index in [1.54, 1.807) is 6.20 Å². The van der Waals surface area contributed by atoms with Crippen molar-refractivity contribution < 1.29 is 0 Å². The SMILES string of the molecule is NC(c1ccccc1)c1cccc2ccncc12. The van der Waals surface area contributed by atoms with Gasteiger partial charge in [0.25, 0.3) is 0 Å². The van der Waals surface area contributed by atoms with Crippen molar-refractivity contribution in [3.05, 3.63) is 78.1 Å². The van der Waals surface area contributed by atoms with E-state index in [0.717, 1.165) is 16.5 Å². The van der Waals surface area contributed by atoms with Gasteiger partial charge in [0, 0.05) is 17.8 Å². The van der Waals surface area contributed by atoms with Gasteiger partial charge in [0.05, 0.1) is 6.04 Å². The summed E-state index contributed by atoms with van der Waals surface area (Å²) in [5.74, 6) is 0. The van der Waals surface area contributed by atoms with Crippen LogP contribution in [0.25, 0.3) is 10.8 Å². The van der Waals surface area contributed by atoms with Gasteiger partial charge in [-0.3, -0.25) is 4.98 Å². The van der Waals surface area contributed by atoms with Crippen LogP contribution in [0.5, 0.6) is 0 Å². The number of benzene rings is 2. The molecule has 0 aliphatic rings. The first-order valence-electron chi connectivity index (χ1n) is 5.99. The number of hydrogen-bond acceptors (Lipinski definition) is 2. The van der Waals surface area contributed by atoms with Gasteiger partial charge in [0.15, 0.2) is 0 Å². The highest BCUT2D eigenvalue weighted by atomic mass is 14.6. The third-order valence-corrected chi connectivity index (χ3v) is 3.21. The Morgan fingerprint density at radius 1 is 0.889 bits per heavy atom. The Hall–Kier alpha value is -2.19. The molecule has 0 fully saturated rings. The van der Waals surface area contributed by atoms with E-state index in [1.807, 2.05) is 36.5 Å². The zero-order chi connectivity index (χ0) is 12.4. The summed E-state index contributed by atoms with van der Waals surface area (Å²) in [5, 5.41) is 2.30. The zero-order valence-electron chi connectivity index (χ0n) is 9.95. The number of pyridine rings is 1. The van der Waals surface area contributed by atoms with Gasteiger partial charge in [0.1, 0.15) is 0 Å². The van der Waals surface area contributed by atoms with E-state index < -0.39 is 0 Å². The first-order valence-corrected chi connectivity index (χ1v) is 5.99. The zero-order valence-corrected chi connectivity index (χ0v) is 9.95. The maximum Gasteiger partial charge on any atom is 0.0558 e. The summed E-state index contributed by atoms with van der Waals surface area (Å²) in [7, 11) is 0. The summed E-state index contributed by atoms with van der Waals surface area (Å²) >= 11 is 0. The Morgan fingerprint density at radius 3 is 2.56 bits per heavy atom. The smallest absolute Gasteiger partial charge is 0.0558 e. The molecule has 1 unspecified atom stereocenters. The van der Waals surface area contributed by atoms with Crippen LogP contribution in [0.4, 0.5) is 0 Å². The highest BCUT2D eigenvalue weighted by molar-refractivity contribution is 5.85. The molecule has 0 saturated heterocycles. The van der Waals surface area contributed by atoms with E-state index >= 15 is 0 Å². The van der Waals surface area contributed by atoms with E-state index in [2.05, 4.69) is 29.2 Å². The second kappa shape index (κ2) is 4.59. The van der Waals surface area contributed by atoms with Crippen LogP contribution >= 0.6 is 0 Å². The summed E-state index contributed by atoms with van der Waals surface area (Å²) in [6.45, 7) is 0. The van der Waals surface area contributed by atoms with Gasteiger partial charge < -0.3 is 5.73 Å². The maximum absolute atomic E-state index is 6.35. The Bertz CT molecular complexity index is 657. The van der Waals surface area contributed by atoms with Gasteiger partial charge >= 0.3 is 0 Å². The molecule has 18 heavy (non-hydrogen) atoms. The van der Waals surface area contributed by atoms with Gasteiger partial charge in [-0.2, -0.15) is 0 Å². The molecule has 0 aliphatic heterocycles. The molecular formula is C16H14N2. The van der Waals surface area contributed by atoms with Gasteiger partial charge in [-0.25, -0.2) is 0 Å². The number of fused-ring (bicyclic) bond motifs is 1. The van der Waals surface area contributed by atoms with E-state index in [4.69, 9.17) is 5.73 Å². The lowest BCUT2D eigenvalue weighted by molar-refractivity contribution is 0.880. The predicted molar refractivity (Wildman–Crippen MR) is 74.2 cm³/mol. The van der Waals surface area contributed by atoms with Crippen molar-refractivity contribution in [2.24, 2.45) is 5.73 Å². The monoisotopic (exact) mass is 234 g/mol. The Balaban J connectivity index is 2.15. The number of aromatic nitrogens is 1. The van der Waals surface area contributed by atoms with E-state index in [9.17, 15) is 0 Å². The second-order valence-electron chi connectivity index (χ2n) is 4.33. The molecule has 88 valence electrons. The normalized spacial score (nSPS) is 12.5. The van der Waals surface area contributed by atoms with Gasteiger partial charge in [-0.05, 0) is 22.6 Å². The molecule has 3 aromatic rings. The van der Waals surface area contributed by atoms with Crippen LogP contribution in [0.2, 0.25) is 0 Å². The molecule has 0 spiro atoms. The number of nitrogens with zero attached hydrogens (tertiary/aromatic N) is 1. The standard InChI is InChI=1S/C16H14N2/c17-16(13-5-2-1-3-6-13)14-8-4-7-12-9-10-18-11-15(12)14/h1-11,16H,17H2. The van der Waals surface area contributed by atoms with Crippen molar-refractivity contribution in [2.75, 3.05) is 0 Å². The molecule has 2 heteroatoms. The minimum absolute atomic E-state index is 0.112. The van der Waals surface area contributed by atoms with Gasteiger partial charge in [0.2, 0.25) is 0 Å². The van der Waals surface area contributed by atoms with Crippen LogP contribution in [-0.2, 0) is 0 Å². The minimum atomic E-state index is -0.112. The Labute approximate surface area is 106 Å². The molecule has 0 saturated carbocycles. The summed E-state index contributed by atoms with van der Waals surface area (Å²) in [4.78, 5) is 4.19. The summed E-state index contributed by atoms with van der Waals surface area (Å²) in [5.41, 5.74) is 8.59. The average molecular weight is 234 g/mol. The summed E-state index contributed by atoms with van der Waals surface area (Å²) in [6, 6.07) is 18.2. The largest absolute Gasteiger partial charge is 0.320 e. The fraction of sp³-hybridized carbons (Fsp3) is 0.0625. The molecule has 2 aromatic carbocycles. The van der Waals surface area contributed by atoms with Crippen LogP contribution in [0, 0.1) is 0 Å². The fourth-order valence-corrected chi connectivity index (χ4v) is 2.25. The van der Waals surface area contributed by atoms with Crippen molar-refractivity contribution in [3.63, 3.8) is 0 Å². The first kappa shape index (κ1) is 10.9. The quantitative estimate of drug-likeness (QED) is 0.739. The molecule has 2 N–H and O–H groups in total.